The average Bonchev–Trinajstić information content (AvgIpc) is 2.32. The van der Waals surface area contributed by atoms with Gasteiger partial charge in [-0.1, -0.05) is 0 Å². The van der Waals surface area contributed by atoms with Gasteiger partial charge in [0.1, 0.15) is 11.2 Å². The molecular weight excluding hydrogens is 250 g/mol. The Bertz CT molecular complexity index is 587. The van der Waals surface area contributed by atoms with E-state index in [0.717, 1.165) is 6.42 Å². The smallest absolute Gasteiger partial charge is 0.329 e. The lowest BCUT2D eigenvalue weighted by Gasteiger charge is -2.38. The molecule has 2 N–H and O–H groups in total. The van der Waals surface area contributed by atoms with Crippen molar-refractivity contribution in [3.63, 3.8) is 0 Å². The average molecular weight is 261 g/mol. The molecule has 0 saturated heterocycles. The predicted octanol–water partition coefficient (Wildman–Crippen LogP) is 1.89. The van der Waals surface area contributed by atoms with Crippen LogP contribution in [-0.2, 0) is 4.79 Å². The molecule has 2 rings (SSSR count). The van der Waals surface area contributed by atoms with Crippen LogP contribution in [0, 0.1) is 21.4 Å². The quantitative estimate of drug-likeness (QED) is 0.631. The van der Waals surface area contributed by atoms with Crippen molar-refractivity contribution in [2.45, 2.75) is 24.8 Å². The van der Waals surface area contributed by atoms with E-state index in [1.807, 2.05) is 6.07 Å². The van der Waals surface area contributed by atoms with Crippen molar-refractivity contribution < 1.29 is 14.8 Å². The van der Waals surface area contributed by atoms with E-state index >= 15 is 0 Å². The number of anilines is 1. The SMILES string of the molecule is N#Cc1ccc([N+](=O)[O-])c(NC2(C(=O)O)CCC2)c1. The molecule has 7 nitrogen and oxygen atoms in total. The minimum absolute atomic E-state index is 0.0751. The Morgan fingerprint density at radius 2 is 2.21 bits per heavy atom. The van der Waals surface area contributed by atoms with Gasteiger partial charge in [-0.2, -0.15) is 5.26 Å². The van der Waals surface area contributed by atoms with E-state index in [4.69, 9.17) is 5.26 Å². The van der Waals surface area contributed by atoms with Crippen LogP contribution in [0.15, 0.2) is 18.2 Å². The standard InChI is InChI=1S/C12H11N3O4/c13-7-8-2-3-10(15(18)19)9(6-8)14-12(11(16)17)4-1-5-12/h2-3,6,14H,1,4-5H2,(H,16,17). The molecule has 0 amide bonds. The Kier molecular flexibility index (Phi) is 3.09. The van der Waals surface area contributed by atoms with Crippen molar-refractivity contribution in [2.24, 2.45) is 0 Å². The number of nitro groups is 1. The lowest BCUT2D eigenvalue weighted by atomic mass is 9.76. The Morgan fingerprint density at radius 3 is 2.63 bits per heavy atom. The number of hydrogen-bond donors (Lipinski definition) is 2. The van der Waals surface area contributed by atoms with Crippen LogP contribution >= 0.6 is 0 Å². The number of carboxylic acid groups (broad SMARTS) is 1. The van der Waals surface area contributed by atoms with Crippen LogP contribution in [0.3, 0.4) is 0 Å². The summed E-state index contributed by atoms with van der Waals surface area (Å²) in [6, 6.07) is 5.72. The number of nitrogens with one attached hydrogen (secondary N) is 1. The number of nitriles is 1. The first-order valence-electron chi connectivity index (χ1n) is 5.69. The second-order valence-electron chi connectivity index (χ2n) is 4.47. The number of hydrogen-bond acceptors (Lipinski definition) is 5. The van der Waals surface area contributed by atoms with Gasteiger partial charge in [-0.25, -0.2) is 4.79 Å². The summed E-state index contributed by atoms with van der Waals surface area (Å²) in [6.07, 6.45) is 1.58. The second-order valence-corrected chi connectivity index (χ2v) is 4.47. The fraction of sp³-hybridized carbons (Fsp3) is 0.333. The van der Waals surface area contributed by atoms with Crippen molar-refractivity contribution in [2.75, 3.05) is 5.32 Å². The lowest BCUT2D eigenvalue weighted by molar-refractivity contribution is -0.384. The van der Waals surface area contributed by atoms with Gasteiger partial charge in [-0.15, -0.1) is 0 Å². The first kappa shape index (κ1) is 12.8. The van der Waals surface area contributed by atoms with E-state index in [1.54, 1.807) is 0 Å². The van der Waals surface area contributed by atoms with Crippen LogP contribution in [0.2, 0.25) is 0 Å². The zero-order valence-electron chi connectivity index (χ0n) is 9.92. The van der Waals surface area contributed by atoms with E-state index in [9.17, 15) is 20.0 Å². The van der Waals surface area contributed by atoms with E-state index in [1.165, 1.54) is 18.2 Å². The van der Waals surface area contributed by atoms with Crippen molar-refractivity contribution in [1.82, 2.24) is 0 Å². The van der Waals surface area contributed by atoms with Crippen LogP contribution in [0.1, 0.15) is 24.8 Å². The Morgan fingerprint density at radius 1 is 1.53 bits per heavy atom. The molecule has 0 spiro atoms. The molecule has 0 aromatic heterocycles. The fourth-order valence-electron chi connectivity index (χ4n) is 2.05. The highest BCUT2D eigenvalue weighted by Crippen LogP contribution is 2.38. The molecule has 1 saturated carbocycles. The zero-order valence-corrected chi connectivity index (χ0v) is 9.92. The molecular formula is C12H11N3O4. The minimum Gasteiger partial charge on any atom is -0.480 e. The highest BCUT2D eigenvalue weighted by atomic mass is 16.6. The van der Waals surface area contributed by atoms with Crippen LogP contribution in [0.25, 0.3) is 0 Å². The number of nitro benzene ring substituents is 1. The maximum Gasteiger partial charge on any atom is 0.329 e. The molecule has 1 aromatic rings. The van der Waals surface area contributed by atoms with Gasteiger partial charge < -0.3 is 10.4 Å². The molecule has 0 unspecified atom stereocenters. The third-order valence-electron chi connectivity index (χ3n) is 3.31. The summed E-state index contributed by atoms with van der Waals surface area (Å²) in [4.78, 5) is 21.6. The molecule has 1 aliphatic rings. The predicted molar refractivity (Wildman–Crippen MR) is 65.7 cm³/mol. The number of rotatable bonds is 4. The van der Waals surface area contributed by atoms with Crippen LogP contribution in [0.5, 0.6) is 0 Å². The molecule has 0 heterocycles. The molecule has 1 aromatic carbocycles. The van der Waals surface area contributed by atoms with Crippen molar-refractivity contribution in [1.29, 1.82) is 5.26 Å². The number of aliphatic carboxylic acids is 1. The summed E-state index contributed by atoms with van der Waals surface area (Å²) in [5, 5.41) is 31.7. The van der Waals surface area contributed by atoms with Crippen LogP contribution in [-0.4, -0.2) is 21.5 Å². The normalized spacial score (nSPS) is 15.9. The summed E-state index contributed by atoms with van der Waals surface area (Å²) >= 11 is 0. The van der Waals surface area contributed by atoms with Gasteiger partial charge in [0.25, 0.3) is 5.69 Å². The van der Waals surface area contributed by atoms with Crippen LogP contribution < -0.4 is 5.32 Å². The molecule has 1 fully saturated rings. The first-order valence-corrected chi connectivity index (χ1v) is 5.69. The Balaban J connectivity index is 2.40. The van der Waals surface area contributed by atoms with Gasteiger partial charge in [0.05, 0.1) is 16.6 Å². The summed E-state index contributed by atoms with van der Waals surface area (Å²) < 4.78 is 0. The molecule has 0 atom stereocenters. The van der Waals surface area contributed by atoms with Gasteiger partial charge in [0, 0.05) is 6.07 Å². The molecule has 98 valence electrons. The van der Waals surface area contributed by atoms with E-state index in [-0.39, 0.29) is 16.9 Å². The first-order chi connectivity index (χ1) is 8.98. The van der Waals surface area contributed by atoms with E-state index in [0.29, 0.717) is 12.8 Å². The number of nitrogens with zero attached hydrogens (tertiary/aromatic N) is 2. The summed E-state index contributed by atoms with van der Waals surface area (Å²) in [7, 11) is 0. The van der Waals surface area contributed by atoms with E-state index in [2.05, 4.69) is 5.32 Å². The zero-order chi connectivity index (χ0) is 14.0. The van der Waals surface area contributed by atoms with Gasteiger partial charge in [0.15, 0.2) is 0 Å². The Hall–Kier alpha value is -2.62. The third kappa shape index (κ3) is 2.20. The van der Waals surface area contributed by atoms with Crippen molar-refractivity contribution in [3.05, 3.63) is 33.9 Å². The number of carbonyl (C=O) groups is 1. The number of benzene rings is 1. The lowest BCUT2D eigenvalue weighted by Crippen LogP contribution is -2.52. The highest BCUT2D eigenvalue weighted by molar-refractivity contribution is 5.85. The summed E-state index contributed by atoms with van der Waals surface area (Å²) in [5.41, 5.74) is -1.07. The largest absolute Gasteiger partial charge is 0.480 e. The molecule has 0 radical (unpaired) electrons. The maximum atomic E-state index is 11.2. The minimum atomic E-state index is -1.15. The second kappa shape index (κ2) is 4.57. The highest BCUT2D eigenvalue weighted by Gasteiger charge is 2.45. The molecule has 19 heavy (non-hydrogen) atoms. The van der Waals surface area contributed by atoms with Gasteiger partial charge in [0.2, 0.25) is 0 Å². The topological polar surface area (TPSA) is 116 Å². The van der Waals surface area contributed by atoms with Gasteiger partial charge in [-0.05, 0) is 31.4 Å². The maximum absolute atomic E-state index is 11.2. The number of carboxylic acids is 1. The summed E-state index contributed by atoms with van der Waals surface area (Å²) in [5.74, 6) is -1.03. The monoisotopic (exact) mass is 261 g/mol. The molecule has 1 aliphatic carbocycles. The molecule has 7 heteroatoms. The van der Waals surface area contributed by atoms with Crippen molar-refractivity contribution >= 4 is 17.3 Å². The summed E-state index contributed by atoms with van der Waals surface area (Å²) in [6.45, 7) is 0. The van der Waals surface area contributed by atoms with Gasteiger partial charge in [-0.3, -0.25) is 10.1 Å². The van der Waals surface area contributed by atoms with E-state index < -0.39 is 16.4 Å². The van der Waals surface area contributed by atoms with Gasteiger partial charge >= 0.3 is 5.97 Å². The Labute approximate surface area is 108 Å². The van der Waals surface area contributed by atoms with Crippen molar-refractivity contribution in [3.8, 4) is 6.07 Å². The third-order valence-corrected chi connectivity index (χ3v) is 3.31. The molecule has 0 aliphatic heterocycles. The molecule has 0 bridgehead atoms. The van der Waals surface area contributed by atoms with Crippen LogP contribution in [0.4, 0.5) is 11.4 Å². The fourth-order valence-corrected chi connectivity index (χ4v) is 2.05.